The van der Waals surface area contributed by atoms with Crippen molar-refractivity contribution in [1.29, 1.82) is 0 Å². The summed E-state index contributed by atoms with van der Waals surface area (Å²) in [5.41, 5.74) is 0. The van der Waals surface area contributed by atoms with E-state index in [4.69, 9.17) is 18.5 Å². The van der Waals surface area contributed by atoms with Gasteiger partial charge in [-0.25, -0.2) is 9.59 Å². The van der Waals surface area contributed by atoms with Gasteiger partial charge in [0.1, 0.15) is 0 Å². The maximum Gasteiger partial charge on any atom is 0.330 e. The Balaban J connectivity index is 4.23. The van der Waals surface area contributed by atoms with Crippen LogP contribution in [0.15, 0.2) is 25.3 Å². The number of carbonyl (C=O) groups is 2. The molecule has 156 valence electrons. The molecule has 27 heavy (non-hydrogen) atoms. The lowest BCUT2D eigenvalue weighted by Crippen LogP contribution is -2.09. The van der Waals surface area contributed by atoms with Crippen molar-refractivity contribution in [1.82, 2.24) is 0 Å². The van der Waals surface area contributed by atoms with E-state index >= 15 is 0 Å². The van der Waals surface area contributed by atoms with E-state index in [1.54, 1.807) is 0 Å². The Morgan fingerprint density at radius 3 is 1.70 bits per heavy atom. The summed E-state index contributed by atoms with van der Waals surface area (Å²) < 4.78 is 33.6. The van der Waals surface area contributed by atoms with E-state index in [0.717, 1.165) is 44.3 Å². The lowest BCUT2D eigenvalue weighted by atomic mass is 10.2. The summed E-state index contributed by atoms with van der Waals surface area (Å²) in [5.74, 6) is -1.00. The molecule has 0 atom stereocenters. The highest BCUT2D eigenvalue weighted by molar-refractivity contribution is 7.53. The van der Waals surface area contributed by atoms with Gasteiger partial charge < -0.3 is 18.5 Å². The van der Waals surface area contributed by atoms with Crippen LogP contribution in [0.1, 0.15) is 51.9 Å². The molecule has 8 heteroatoms. The van der Waals surface area contributed by atoms with Crippen LogP contribution in [0.2, 0.25) is 0 Å². The number of carbonyl (C=O) groups excluding carboxylic acids is 2. The largest absolute Gasteiger partial charge is 0.462 e. The van der Waals surface area contributed by atoms with Gasteiger partial charge in [0.25, 0.3) is 0 Å². The first-order valence-electron chi connectivity index (χ1n) is 9.44. The fourth-order valence-electron chi connectivity index (χ4n) is 2.06. The van der Waals surface area contributed by atoms with Crippen molar-refractivity contribution in [3.05, 3.63) is 25.3 Å². The highest BCUT2D eigenvalue weighted by atomic mass is 31.2. The predicted molar refractivity (Wildman–Crippen MR) is 105 cm³/mol. The molecule has 0 spiro atoms. The second-order valence-corrected chi connectivity index (χ2v) is 8.05. The topological polar surface area (TPSA) is 88.1 Å². The summed E-state index contributed by atoms with van der Waals surface area (Å²) in [4.78, 5) is 21.9. The van der Waals surface area contributed by atoms with E-state index in [0.29, 0.717) is 19.0 Å². The molecule has 0 aliphatic carbocycles. The first-order valence-corrected chi connectivity index (χ1v) is 11.2. The molecule has 0 aromatic rings. The number of ether oxygens (including phenoxy) is 2. The molecule has 0 aliphatic heterocycles. The van der Waals surface area contributed by atoms with Crippen molar-refractivity contribution in [3.8, 4) is 0 Å². The lowest BCUT2D eigenvalue weighted by molar-refractivity contribution is -0.138. The Morgan fingerprint density at radius 2 is 1.26 bits per heavy atom. The summed E-state index contributed by atoms with van der Waals surface area (Å²) in [5, 5.41) is 0. The van der Waals surface area contributed by atoms with Crippen molar-refractivity contribution < 1.29 is 32.7 Å². The molecule has 0 aliphatic rings. The number of hydrogen-bond acceptors (Lipinski definition) is 7. The molecular formula is C19H33O7P. The van der Waals surface area contributed by atoms with Crippen LogP contribution in [0.4, 0.5) is 0 Å². The number of rotatable bonds is 18. The van der Waals surface area contributed by atoms with Gasteiger partial charge in [-0.1, -0.05) is 45.8 Å². The van der Waals surface area contributed by atoms with Crippen LogP contribution in [0.3, 0.4) is 0 Å². The summed E-state index contributed by atoms with van der Waals surface area (Å²) in [7, 11) is -3.23. The normalized spacial score (nSPS) is 11.0. The summed E-state index contributed by atoms with van der Waals surface area (Å²) in [6.45, 7) is 9.43. The van der Waals surface area contributed by atoms with Crippen molar-refractivity contribution >= 4 is 19.5 Å². The molecule has 0 heterocycles. The molecule has 7 nitrogen and oxygen atoms in total. The smallest absolute Gasteiger partial charge is 0.330 e. The SMILES string of the molecule is C=CC(=O)OCCCOP(=O)(CCCCCCC)OCCCOC(=O)C=C. The molecule has 0 amide bonds. The van der Waals surface area contributed by atoms with Gasteiger partial charge in [-0.3, -0.25) is 4.57 Å². The summed E-state index contributed by atoms with van der Waals surface area (Å²) >= 11 is 0. The third kappa shape index (κ3) is 15.3. The van der Waals surface area contributed by atoms with Crippen LogP contribution >= 0.6 is 7.60 Å². The van der Waals surface area contributed by atoms with Crippen LogP contribution in [-0.4, -0.2) is 44.5 Å². The molecule has 0 fully saturated rings. The molecule has 0 N–H and O–H groups in total. The van der Waals surface area contributed by atoms with Crippen molar-refractivity contribution in [2.24, 2.45) is 0 Å². The number of esters is 2. The van der Waals surface area contributed by atoms with Crippen LogP contribution in [0.5, 0.6) is 0 Å². The molecule has 0 saturated carbocycles. The fraction of sp³-hybridized carbons (Fsp3) is 0.684. The standard InChI is InChI=1S/C19H33O7P/c1-4-7-8-9-10-17-27(22,25-15-11-13-23-18(20)5-2)26-16-12-14-24-19(21)6-3/h5-6H,2-4,7-17H2,1H3. The van der Waals surface area contributed by atoms with Crippen LogP contribution in [-0.2, 0) is 32.7 Å². The summed E-state index contributed by atoms with van der Waals surface area (Å²) in [6, 6.07) is 0. The molecule has 0 unspecified atom stereocenters. The van der Waals surface area contributed by atoms with Crippen molar-refractivity contribution in [2.45, 2.75) is 51.9 Å². The van der Waals surface area contributed by atoms with E-state index in [2.05, 4.69) is 20.1 Å². The predicted octanol–water partition coefficient (Wildman–Crippen LogP) is 4.42. The highest BCUT2D eigenvalue weighted by Crippen LogP contribution is 2.49. The molecule has 0 radical (unpaired) electrons. The average Bonchev–Trinajstić information content (AvgIpc) is 2.66. The molecular weight excluding hydrogens is 371 g/mol. The first-order chi connectivity index (χ1) is 13.0. The minimum absolute atomic E-state index is 0.166. The van der Waals surface area contributed by atoms with Crippen molar-refractivity contribution in [2.75, 3.05) is 32.6 Å². The maximum absolute atomic E-state index is 12.9. The van der Waals surface area contributed by atoms with E-state index in [1.165, 1.54) is 0 Å². The zero-order valence-corrected chi connectivity index (χ0v) is 17.3. The van der Waals surface area contributed by atoms with Gasteiger partial charge in [0.15, 0.2) is 0 Å². The quantitative estimate of drug-likeness (QED) is 0.145. The Hall–Kier alpha value is -1.43. The zero-order valence-electron chi connectivity index (χ0n) is 16.4. The summed E-state index contributed by atoms with van der Waals surface area (Å²) in [6.07, 6.45) is 8.45. The Morgan fingerprint density at radius 1 is 0.778 bits per heavy atom. The fourth-order valence-corrected chi connectivity index (χ4v) is 3.82. The van der Waals surface area contributed by atoms with Crippen LogP contribution in [0, 0.1) is 0 Å². The van der Waals surface area contributed by atoms with Gasteiger partial charge in [0.2, 0.25) is 0 Å². The Kier molecular flexibility index (Phi) is 15.8. The Bertz CT molecular complexity index is 456. The maximum atomic E-state index is 12.9. The van der Waals surface area contributed by atoms with Crippen LogP contribution < -0.4 is 0 Å². The van der Waals surface area contributed by atoms with Gasteiger partial charge in [-0.05, 0) is 6.42 Å². The Labute approximate surface area is 162 Å². The van der Waals surface area contributed by atoms with E-state index in [-0.39, 0.29) is 26.4 Å². The van der Waals surface area contributed by atoms with E-state index < -0.39 is 19.5 Å². The van der Waals surface area contributed by atoms with Gasteiger partial charge in [-0.15, -0.1) is 0 Å². The molecule has 0 aromatic heterocycles. The third-order valence-corrected chi connectivity index (χ3v) is 5.53. The highest BCUT2D eigenvalue weighted by Gasteiger charge is 2.24. The van der Waals surface area contributed by atoms with Crippen LogP contribution in [0.25, 0.3) is 0 Å². The molecule has 0 saturated heterocycles. The molecule has 0 aromatic carbocycles. The van der Waals surface area contributed by atoms with E-state index in [1.807, 2.05) is 0 Å². The second-order valence-electron chi connectivity index (χ2n) is 5.87. The molecule has 0 bridgehead atoms. The third-order valence-electron chi connectivity index (χ3n) is 3.51. The van der Waals surface area contributed by atoms with Gasteiger partial charge in [-0.2, -0.15) is 0 Å². The first kappa shape index (κ1) is 25.6. The number of hydrogen-bond donors (Lipinski definition) is 0. The molecule has 0 rings (SSSR count). The van der Waals surface area contributed by atoms with Gasteiger partial charge in [0, 0.05) is 25.0 Å². The van der Waals surface area contributed by atoms with E-state index in [9.17, 15) is 14.2 Å². The minimum Gasteiger partial charge on any atom is -0.462 e. The van der Waals surface area contributed by atoms with Crippen molar-refractivity contribution in [3.63, 3.8) is 0 Å². The van der Waals surface area contributed by atoms with Gasteiger partial charge in [0.05, 0.1) is 32.6 Å². The monoisotopic (exact) mass is 404 g/mol. The number of unbranched alkanes of at least 4 members (excludes halogenated alkanes) is 4. The minimum atomic E-state index is -3.23. The zero-order chi connectivity index (χ0) is 20.4. The second kappa shape index (κ2) is 16.7. The average molecular weight is 404 g/mol. The lowest BCUT2D eigenvalue weighted by Gasteiger charge is -2.18. The van der Waals surface area contributed by atoms with Gasteiger partial charge >= 0.3 is 19.5 Å².